The maximum Gasteiger partial charge on any atom is 0.153 e. The van der Waals surface area contributed by atoms with Crippen molar-refractivity contribution in [3.05, 3.63) is 35.5 Å². The van der Waals surface area contributed by atoms with Gasteiger partial charge in [0.1, 0.15) is 22.9 Å². The highest BCUT2D eigenvalue weighted by Gasteiger charge is 2.21. The molecule has 7 heteroatoms. The lowest BCUT2D eigenvalue weighted by Crippen LogP contribution is -2.46. The Hall–Kier alpha value is -1.79. The van der Waals surface area contributed by atoms with Gasteiger partial charge in [-0.3, -0.25) is 4.90 Å². The van der Waals surface area contributed by atoms with Gasteiger partial charge in [0.05, 0.1) is 12.8 Å². The highest BCUT2D eigenvalue weighted by Crippen LogP contribution is 2.27. The van der Waals surface area contributed by atoms with Gasteiger partial charge < -0.3 is 15.1 Å². The van der Waals surface area contributed by atoms with E-state index in [9.17, 15) is 0 Å². The lowest BCUT2D eigenvalue weighted by atomic mass is 10.3. The Kier molecular flexibility index (Phi) is 3.75. The molecular weight excluding hydrogens is 278 g/mol. The molecule has 3 rings (SSSR count). The second kappa shape index (κ2) is 5.68. The standard InChI is InChI=1S/C13H16ClN5O/c14-11-12(15)16-9-17-13(11)19-5-3-18(4-6-19)8-10-2-1-7-20-10/h1-2,7,9H,3-6,8H2,(H2,15,16,17). The molecule has 1 saturated heterocycles. The summed E-state index contributed by atoms with van der Waals surface area (Å²) in [7, 11) is 0. The quantitative estimate of drug-likeness (QED) is 0.927. The Morgan fingerprint density at radius 3 is 2.75 bits per heavy atom. The van der Waals surface area contributed by atoms with Gasteiger partial charge in [-0.15, -0.1) is 0 Å². The number of nitrogens with zero attached hydrogens (tertiary/aromatic N) is 4. The van der Waals surface area contributed by atoms with Crippen molar-refractivity contribution in [2.24, 2.45) is 0 Å². The number of hydrogen-bond donors (Lipinski definition) is 1. The Bertz CT molecular complexity index is 566. The maximum atomic E-state index is 6.16. The Morgan fingerprint density at radius 1 is 1.25 bits per heavy atom. The van der Waals surface area contributed by atoms with Crippen LogP contribution in [0.2, 0.25) is 5.02 Å². The number of furan rings is 1. The molecule has 1 fully saturated rings. The summed E-state index contributed by atoms with van der Waals surface area (Å²) in [5.41, 5.74) is 5.71. The summed E-state index contributed by atoms with van der Waals surface area (Å²) >= 11 is 6.16. The SMILES string of the molecule is Nc1ncnc(N2CCN(Cc3ccco3)CC2)c1Cl. The van der Waals surface area contributed by atoms with Crippen LogP contribution in [0, 0.1) is 0 Å². The summed E-state index contributed by atoms with van der Waals surface area (Å²) in [5.74, 6) is 2.04. The van der Waals surface area contributed by atoms with Crippen LogP contribution >= 0.6 is 11.6 Å². The van der Waals surface area contributed by atoms with Crippen molar-refractivity contribution < 1.29 is 4.42 Å². The average molecular weight is 294 g/mol. The maximum absolute atomic E-state index is 6.16. The third-order valence-corrected chi connectivity index (χ3v) is 3.79. The summed E-state index contributed by atoms with van der Waals surface area (Å²) in [6.45, 7) is 4.41. The molecule has 0 saturated carbocycles. The molecule has 6 nitrogen and oxygen atoms in total. The molecule has 2 N–H and O–H groups in total. The predicted molar refractivity (Wildman–Crippen MR) is 77.7 cm³/mol. The highest BCUT2D eigenvalue weighted by molar-refractivity contribution is 6.35. The van der Waals surface area contributed by atoms with E-state index >= 15 is 0 Å². The molecule has 20 heavy (non-hydrogen) atoms. The van der Waals surface area contributed by atoms with Gasteiger partial charge in [0.25, 0.3) is 0 Å². The van der Waals surface area contributed by atoms with Gasteiger partial charge in [0.15, 0.2) is 5.82 Å². The van der Waals surface area contributed by atoms with Gasteiger partial charge in [-0.1, -0.05) is 11.6 Å². The fourth-order valence-corrected chi connectivity index (χ4v) is 2.55. The molecule has 1 aliphatic rings. The number of piperazine rings is 1. The Labute approximate surface area is 122 Å². The van der Waals surface area contributed by atoms with Crippen LogP contribution in [0.3, 0.4) is 0 Å². The topological polar surface area (TPSA) is 71.4 Å². The summed E-state index contributed by atoms with van der Waals surface area (Å²) in [4.78, 5) is 12.6. The Balaban J connectivity index is 1.62. The highest BCUT2D eigenvalue weighted by atomic mass is 35.5. The largest absolute Gasteiger partial charge is 0.468 e. The molecule has 0 amide bonds. The normalized spacial score (nSPS) is 16.6. The number of halogens is 1. The van der Waals surface area contributed by atoms with Crippen molar-refractivity contribution in [1.82, 2.24) is 14.9 Å². The summed E-state index contributed by atoms with van der Waals surface area (Å²) in [5, 5.41) is 0.437. The third-order valence-electron chi connectivity index (χ3n) is 3.43. The van der Waals surface area contributed by atoms with Crippen LogP contribution in [0.15, 0.2) is 29.1 Å². The number of nitrogens with two attached hydrogens (primary N) is 1. The zero-order valence-corrected chi connectivity index (χ0v) is 11.8. The van der Waals surface area contributed by atoms with Crippen molar-refractivity contribution in [3.63, 3.8) is 0 Å². The van der Waals surface area contributed by atoms with Crippen molar-refractivity contribution in [2.75, 3.05) is 36.8 Å². The van der Waals surface area contributed by atoms with Crippen LogP contribution in [0.1, 0.15) is 5.76 Å². The molecule has 2 aromatic rings. The number of anilines is 2. The van der Waals surface area contributed by atoms with Gasteiger partial charge in [0, 0.05) is 26.2 Å². The van der Waals surface area contributed by atoms with Crippen LogP contribution in [0.25, 0.3) is 0 Å². The molecule has 0 unspecified atom stereocenters. The van der Waals surface area contributed by atoms with Gasteiger partial charge in [-0.2, -0.15) is 0 Å². The van der Waals surface area contributed by atoms with Gasteiger partial charge in [0.2, 0.25) is 0 Å². The van der Waals surface area contributed by atoms with E-state index in [-0.39, 0.29) is 0 Å². The molecule has 0 radical (unpaired) electrons. The summed E-state index contributed by atoms with van der Waals surface area (Å²) < 4.78 is 5.37. The summed E-state index contributed by atoms with van der Waals surface area (Å²) in [6, 6.07) is 3.91. The second-order valence-corrected chi connectivity index (χ2v) is 5.12. The number of nitrogen functional groups attached to an aromatic ring is 1. The Morgan fingerprint density at radius 2 is 2.05 bits per heavy atom. The fourth-order valence-electron chi connectivity index (χ4n) is 2.33. The van der Waals surface area contributed by atoms with E-state index < -0.39 is 0 Å². The molecule has 0 atom stereocenters. The molecule has 0 spiro atoms. The summed E-state index contributed by atoms with van der Waals surface area (Å²) in [6.07, 6.45) is 3.15. The lowest BCUT2D eigenvalue weighted by Gasteiger charge is -2.35. The molecule has 0 aliphatic carbocycles. The van der Waals surface area contributed by atoms with Crippen molar-refractivity contribution in [2.45, 2.75) is 6.54 Å². The number of rotatable bonds is 3. The zero-order valence-electron chi connectivity index (χ0n) is 11.0. The van der Waals surface area contributed by atoms with Crippen molar-refractivity contribution >= 4 is 23.2 Å². The molecule has 1 aliphatic heterocycles. The lowest BCUT2D eigenvalue weighted by molar-refractivity contribution is 0.230. The molecule has 0 bridgehead atoms. The van der Waals surface area contributed by atoms with Gasteiger partial charge in [-0.25, -0.2) is 9.97 Å². The zero-order chi connectivity index (χ0) is 13.9. The van der Waals surface area contributed by atoms with E-state index in [0.717, 1.165) is 44.3 Å². The molecule has 3 heterocycles. The first-order valence-corrected chi connectivity index (χ1v) is 6.87. The first-order chi connectivity index (χ1) is 9.74. The van der Waals surface area contributed by atoms with E-state index in [2.05, 4.69) is 19.8 Å². The van der Waals surface area contributed by atoms with E-state index in [1.165, 1.54) is 6.33 Å². The monoisotopic (exact) mass is 293 g/mol. The number of hydrogen-bond acceptors (Lipinski definition) is 6. The van der Waals surface area contributed by atoms with Gasteiger partial charge >= 0.3 is 0 Å². The first-order valence-electron chi connectivity index (χ1n) is 6.49. The van der Waals surface area contributed by atoms with Gasteiger partial charge in [-0.05, 0) is 12.1 Å². The molecule has 106 valence electrons. The van der Waals surface area contributed by atoms with Crippen LogP contribution in [-0.4, -0.2) is 41.0 Å². The second-order valence-electron chi connectivity index (χ2n) is 4.74. The van der Waals surface area contributed by atoms with Crippen LogP contribution in [0.5, 0.6) is 0 Å². The van der Waals surface area contributed by atoms with E-state index in [0.29, 0.717) is 10.8 Å². The average Bonchev–Trinajstić information content (AvgIpc) is 2.96. The molecule has 0 aromatic carbocycles. The van der Waals surface area contributed by atoms with E-state index in [1.807, 2.05) is 12.1 Å². The van der Waals surface area contributed by atoms with Crippen LogP contribution in [-0.2, 0) is 6.54 Å². The first kappa shape index (κ1) is 13.2. The van der Waals surface area contributed by atoms with E-state index in [4.69, 9.17) is 21.8 Å². The molecule has 2 aromatic heterocycles. The minimum Gasteiger partial charge on any atom is -0.468 e. The van der Waals surface area contributed by atoms with Crippen LogP contribution in [0.4, 0.5) is 11.6 Å². The minimum atomic E-state index is 0.328. The predicted octanol–water partition coefficient (Wildman–Crippen LogP) is 1.63. The van der Waals surface area contributed by atoms with Crippen molar-refractivity contribution in [1.29, 1.82) is 0 Å². The smallest absolute Gasteiger partial charge is 0.153 e. The van der Waals surface area contributed by atoms with Crippen molar-refractivity contribution in [3.8, 4) is 0 Å². The van der Waals surface area contributed by atoms with E-state index in [1.54, 1.807) is 6.26 Å². The van der Waals surface area contributed by atoms with Crippen LogP contribution < -0.4 is 10.6 Å². The molecular formula is C13H16ClN5O. The third kappa shape index (κ3) is 2.71. The number of aromatic nitrogens is 2. The minimum absolute atomic E-state index is 0.328. The fraction of sp³-hybridized carbons (Fsp3) is 0.385.